The Morgan fingerprint density at radius 2 is 1.81 bits per heavy atom. The molecule has 0 unspecified atom stereocenters. The molecule has 146 valence electrons. The zero-order valence-corrected chi connectivity index (χ0v) is 17.7. The van der Waals surface area contributed by atoms with E-state index >= 15 is 0 Å². The van der Waals surface area contributed by atoms with Crippen molar-refractivity contribution in [3.8, 4) is 0 Å². The van der Waals surface area contributed by atoms with Gasteiger partial charge in [-0.05, 0) is 42.3 Å². The first-order valence-corrected chi connectivity index (χ1v) is 11.8. The molecule has 0 spiro atoms. The van der Waals surface area contributed by atoms with Crippen molar-refractivity contribution in [2.45, 2.75) is 12.7 Å². The van der Waals surface area contributed by atoms with E-state index in [1.54, 1.807) is 36.0 Å². The summed E-state index contributed by atoms with van der Waals surface area (Å²) in [5.74, 6) is 1.29. The summed E-state index contributed by atoms with van der Waals surface area (Å²) in [6.45, 7) is 2.30. The highest BCUT2D eigenvalue weighted by molar-refractivity contribution is 7.98. The number of sulfonamides is 1. The topological polar surface area (TPSA) is 66.5 Å². The first-order valence-electron chi connectivity index (χ1n) is 8.39. The van der Waals surface area contributed by atoms with Gasteiger partial charge in [0, 0.05) is 23.1 Å². The molecule has 0 bridgehead atoms. The van der Waals surface area contributed by atoms with Crippen molar-refractivity contribution in [1.29, 1.82) is 0 Å². The van der Waals surface area contributed by atoms with E-state index in [-0.39, 0.29) is 12.5 Å². The van der Waals surface area contributed by atoms with Crippen LogP contribution in [0.4, 0.5) is 5.69 Å². The smallest absolute Gasteiger partial charge is 0.240 e. The monoisotopic (exact) mass is 426 g/mol. The molecule has 0 aliphatic carbocycles. The molecule has 1 amide bonds. The van der Waals surface area contributed by atoms with Crippen LogP contribution in [0, 0.1) is 6.92 Å². The fourth-order valence-corrected chi connectivity index (χ4v) is 4.33. The number of nitrogens with zero attached hydrogens (tertiary/aromatic N) is 1. The van der Waals surface area contributed by atoms with Crippen LogP contribution >= 0.6 is 23.4 Å². The number of benzene rings is 2. The van der Waals surface area contributed by atoms with E-state index in [9.17, 15) is 13.2 Å². The van der Waals surface area contributed by atoms with Gasteiger partial charge in [0.15, 0.2) is 0 Å². The Bertz CT molecular complexity index is 871. The molecule has 0 radical (unpaired) electrons. The Kier molecular flexibility index (Phi) is 8.01. The number of hydrogen-bond acceptors (Lipinski definition) is 4. The molecule has 2 aromatic carbocycles. The zero-order chi connectivity index (χ0) is 19.9. The average molecular weight is 427 g/mol. The van der Waals surface area contributed by atoms with Crippen LogP contribution in [0.5, 0.6) is 0 Å². The average Bonchev–Trinajstić information content (AvgIpc) is 2.61. The van der Waals surface area contributed by atoms with Gasteiger partial charge in [-0.25, -0.2) is 8.42 Å². The van der Waals surface area contributed by atoms with E-state index in [1.807, 2.05) is 12.1 Å². The van der Waals surface area contributed by atoms with Gasteiger partial charge in [-0.2, -0.15) is 11.8 Å². The molecule has 0 heterocycles. The van der Waals surface area contributed by atoms with Crippen molar-refractivity contribution in [3.63, 3.8) is 0 Å². The van der Waals surface area contributed by atoms with Gasteiger partial charge in [0.05, 0.1) is 11.9 Å². The third kappa shape index (κ3) is 7.08. The second-order valence-electron chi connectivity index (χ2n) is 6.08. The lowest BCUT2D eigenvalue weighted by Gasteiger charge is -2.21. The number of carbonyl (C=O) groups is 1. The van der Waals surface area contributed by atoms with Crippen LogP contribution in [0.25, 0.3) is 0 Å². The maximum absolute atomic E-state index is 12.2. The summed E-state index contributed by atoms with van der Waals surface area (Å²) in [6, 6.07) is 14.5. The number of hydrogen-bond donors (Lipinski definition) is 1. The summed E-state index contributed by atoms with van der Waals surface area (Å²) in [7, 11) is -3.58. The van der Waals surface area contributed by atoms with E-state index < -0.39 is 10.0 Å². The number of halogens is 1. The molecular weight excluding hydrogens is 404 g/mol. The lowest BCUT2D eigenvalue weighted by molar-refractivity contribution is -0.119. The number of aryl methyl sites for hydroxylation is 1. The number of nitrogens with one attached hydrogen (secondary N) is 1. The molecular formula is C19H23ClN2O3S2. The maximum atomic E-state index is 12.2. The Morgan fingerprint density at radius 1 is 1.15 bits per heavy atom. The quantitative estimate of drug-likeness (QED) is 0.623. The molecule has 0 saturated heterocycles. The predicted molar refractivity (Wildman–Crippen MR) is 114 cm³/mol. The van der Waals surface area contributed by atoms with E-state index in [0.29, 0.717) is 17.3 Å². The van der Waals surface area contributed by atoms with Crippen molar-refractivity contribution in [1.82, 2.24) is 5.32 Å². The summed E-state index contributed by atoms with van der Waals surface area (Å²) in [5, 5.41) is 3.28. The van der Waals surface area contributed by atoms with Gasteiger partial charge in [0.2, 0.25) is 15.9 Å². The van der Waals surface area contributed by atoms with Gasteiger partial charge in [-0.15, -0.1) is 0 Å². The molecule has 0 aliphatic heterocycles. The third-order valence-electron chi connectivity index (χ3n) is 3.89. The summed E-state index contributed by atoms with van der Waals surface area (Å²) >= 11 is 7.56. The van der Waals surface area contributed by atoms with Crippen LogP contribution in [0.2, 0.25) is 5.02 Å². The van der Waals surface area contributed by atoms with Crippen molar-refractivity contribution in [2.24, 2.45) is 0 Å². The number of amides is 1. The van der Waals surface area contributed by atoms with Crippen molar-refractivity contribution < 1.29 is 13.2 Å². The van der Waals surface area contributed by atoms with Crippen LogP contribution in [-0.4, -0.2) is 39.4 Å². The number of carbonyl (C=O) groups excluding carboxylic acids is 1. The molecule has 0 aromatic heterocycles. The molecule has 0 fully saturated rings. The summed E-state index contributed by atoms with van der Waals surface area (Å²) in [6.07, 6.45) is 1.08. The minimum Gasteiger partial charge on any atom is -0.354 e. The van der Waals surface area contributed by atoms with Crippen molar-refractivity contribution in [3.05, 3.63) is 64.7 Å². The highest BCUT2D eigenvalue weighted by Gasteiger charge is 2.20. The zero-order valence-electron chi connectivity index (χ0n) is 15.3. The maximum Gasteiger partial charge on any atom is 0.240 e. The standard InChI is InChI=1S/C19H23ClN2O3S2/c1-15-5-3-4-6-16(15)14-26-12-11-21-19(23)13-22(27(2,24)25)18-9-7-17(20)8-10-18/h3-10H,11-14H2,1-2H3,(H,21,23). The minimum absolute atomic E-state index is 0.261. The fraction of sp³-hybridized carbons (Fsp3) is 0.316. The van der Waals surface area contributed by atoms with Gasteiger partial charge in [-0.1, -0.05) is 35.9 Å². The molecule has 0 saturated carbocycles. The van der Waals surface area contributed by atoms with Crippen molar-refractivity contribution >= 4 is 45.0 Å². The predicted octanol–water partition coefficient (Wildman–Crippen LogP) is 3.46. The molecule has 2 rings (SSSR count). The Labute approximate surface area is 170 Å². The summed E-state index contributed by atoms with van der Waals surface area (Å²) in [4.78, 5) is 12.2. The lowest BCUT2D eigenvalue weighted by Crippen LogP contribution is -2.41. The second-order valence-corrected chi connectivity index (χ2v) is 9.52. The molecule has 0 aliphatic rings. The molecule has 5 nitrogen and oxygen atoms in total. The molecule has 0 atom stereocenters. The van der Waals surface area contributed by atoms with E-state index in [2.05, 4.69) is 24.4 Å². The van der Waals surface area contributed by atoms with Gasteiger partial charge < -0.3 is 5.32 Å². The molecule has 27 heavy (non-hydrogen) atoms. The van der Waals surface area contributed by atoms with Crippen LogP contribution in [0.1, 0.15) is 11.1 Å². The molecule has 1 N–H and O–H groups in total. The van der Waals surface area contributed by atoms with Gasteiger partial charge in [0.25, 0.3) is 0 Å². The largest absolute Gasteiger partial charge is 0.354 e. The summed E-state index contributed by atoms with van der Waals surface area (Å²) < 4.78 is 25.1. The van der Waals surface area contributed by atoms with Gasteiger partial charge >= 0.3 is 0 Å². The van der Waals surface area contributed by atoms with E-state index in [1.165, 1.54) is 11.1 Å². The summed E-state index contributed by atoms with van der Waals surface area (Å²) in [5.41, 5.74) is 2.94. The Morgan fingerprint density at radius 3 is 2.44 bits per heavy atom. The highest BCUT2D eigenvalue weighted by Crippen LogP contribution is 2.20. The SMILES string of the molecule is Cc1ccccc1CSCCNC(=O)CN(c1ccc(Cl)cc1)S(C)(=O)=O. The number of rotatable bonds is 9. The first kappa shape index (κ1) is 21.6. The minimum atomic E-state index is -3.58. The Hall–Kier alpha value is -1.70. The number of thioether (sulfide) groups is 1. The van der Waals surface area contributed by atoms with E-state index in [0.717, 1.165) is 22.1 Å². The van der Waals surface area contributed by atoms with Crippen molar-refractivity contribution in [2.75, 3.05) is 29.4 Å². The van der Waals surface area contributed by atoms with Crippen LogP contribution in [0.15, 0.2) is 48.5 Å². The highest BCUT2D eigenvalue weighted by atomic mass is 35.5. The molecule has 8 heteroatoms. The van der Waals surface area contributed by atoms with Gasteiger partial charge in [0.1, 0.15) is 6.54 Å². The van der Waals surface area contributed by atoms with E-state index in [4.69, 9.17) is 11.6 Å². The lowest BCUT2D eigenvalue weighted by atomic mass is 10.1. The van der Waals surface area contributed by atoms with Gasteiger partial charge in [-0.3, -0.25) is 9.10 Å². The Balaban J connectivity index is 1.82. The number of anilines is 1. The normalized spacial score (nSPS) is 11.2. The van der Waals surface area contributed by atoms with Crippen LogP contribution < -0.4 is 9.62 Å². The first-order chi connectivity index (χ1) is 12.8. The fourth-order valence-electron chi connectivity index (χ4n) is 2.41. The third-order valence-corrected chi connectivity index (χ3v) is 6.29. The van der Waals surface area contributed by atoms with Crippen LogP contribution in [0.3, 0.4) is 0 Å². The molecule has 2 aromatic rings. The second kappa shape index (κ2) is 10.0. The van der Waals surface area contributed by atoms with Crippen LogP contribution in [-0.2, 0) is 20.6 Å².